The third-order valence-corrected chi connectivity index (χ3v) is 4.84. The van der Waals surface area contributed by atoms with Gasteiger partial charge in [-0.2, -0.15) is 0 Å². The Morgan fingerprint density at radius 2 is 1.75 bits per heavy atom. The van der Waals surface area contributed by atoms with Gasteiger partial charge in [0.05, 0.1) is 11.4 Å². The Hall–Kier alpha value is -2.34. The second kappa shape index (κ2) is 6.65. The molecule has 0 radical (unpaired) electrons. The monoisotopic (exact) mass is 328 g/mol. The van der Waals surface area contributed by atoms with Crippen LogP contribution in [0.2, 0.25) is 0 Å². The number of rotatable bonds is 4. The zero-order chi connectivity index (χ0) is 17.3. The lowest BCUT2D eigenvalue weighted by atomic mass is 10.1. The maximum atomic E-state index is 12.0. The molecule has 0 spiro atoms. The van der Waals surface area contributed by atoms with Crippen LogP contribution in [-0.4, -0.2) is 51.7 Å². The van der Waals surface area contributed by atoms with Gasteiger partial charge < -0.3 is 14.6 Å². The molecule has 6 heteroatoms. The Bertz CT molecular complexity index is 718. The highest BCUT2D eigenvalue weighted by Crippen LogP contribution is 2.27. The summed E-state index contributed by atoms with van der Waals surface area (Å²) in [6.07, 6.45) is 0. The van der Waals surface area contributed by atoms with Gasteiger partial charge in [0.1, 0.15) is 5.82 Å². The number of para-hydroxylation sites is 1. The number of carboxylic acids is 1. The molecule has 6 nitrogen and oxygen atoms in total. The summed E-state index contributed by atoms with van der Waals surface area (Å²) in [5.41, 5.74) is 2.78. The summed E-state index contributed by atoms with van der Waals surface area (Å²) < 4.78 is 1.90. The fourth-order valence-corrected chi connectivity index (χ4v) is 3.50. The van der Waals surface area contributed by atoms with Crippen molar-refractivity contribution in [2.45, 2.75) is 19.9 Å². The molecule has 2 aromatic rings. The predicted octanol–water partition coefficient (Wildman–Crippen LogP) is 1.98. The number of carbonyl (C=O) groups is 1. The third kappa shape index (κ3) is 3.01. The van der Waals surface area contributed by atoms with Crippen LogP contribution in [0.3, 0.4) is 0 Å². The smallest absolute Gasteiger partial charge is 0.327 e. The number of anilines is 1. The highest BCUT2D eigenvalue weighted by molar-refractivity contribution is 5.75. The van der Waals surface area contributed by atoms with Crippen molar-refractivity contribution in [1.29, 1.82) is 0 Å². The average molecular weight is 328 g/mol. The molecule has 1 atom stereocenters. The highest BCUT2D eigenvalue weighted by Gasteiger charge is 2.34. The summed E-state index contributed by atoms with van der Waals surface area (Å²) in [6, 6.07) is 9.62. The summed E-state index contributed by atoms with van der Waals surface area (Å²) in [6.45, 7) is 6.87. The molecular formula is C18H24N4O2. The second-order valence-corrected chi connectivity index (χ2v) is 6.29. The lowest BCUT2D eigenvalue weighted by Gasteiger charge is -2.39. The molecule has 1 N–H and O–H groups in total. The van der Waals surface area contributed by atoms with Crippen LogP contribution in [0.1, 0.15) is 23.3 Å². The van der Waals surface area contributed by atoms with Gasteiger partial charge in [0.25, 0.3) is 0 Å². The summed E-state index contributed by atoms with van der Waals surface area (Å²) in [4.78, 5) is 20.8. The van der Waals surface area contributed by atoms with Crippen LogP contribution < -0.4 is 4.90 Å². The molecule has 1 aliphatic rings. The summed E-state index contributed by atoms with van der Waals surface area (Å²) >= 11 is 0. The first-order chi connectivity index (χ1) is 11.5. The van der Waals surface area contributed by atoms with E-state index in [1.807, 2.05) is 48.6 Å². The first-order valence-corrected chi connectivity index (χ1v) is 8.25. The van der Waals surface area contributed by atoms with Crippen LogP contribution in [0.15, 0.2) is 30.3 Å². The maximum absolute atomic E-state index is 12.0. The molecule has 2 heterocycles. The Balaban J connectivity index is 1.79. The van der Waals surface area contributed by atoms with E-state index in [4.69, 9.17) is 0 Å². The van der Waals surface area contributed by atoms with Crippen molar-refractivity contribution in [1.82, 2.24) is 14.5 Å². The Morgan fingerprint density at radius 1 is 1.12 bits per heavy atom. The Labute approximate surface area is 142 Å². The van der Waals surface area contributed by atoms with Crippen LogP contribution in [0.4, 0.5) is 5.69 Å². The number of aliphatic carboxylic acids is 1. The van der Waals surface area contributed by atoms with Crippen molar-refractivity contribution >= 4 is 11.7 Å². The minimum Gasteiger partial charge on any atom is -0.480 e. The fourth-order valence-electron chi connectivity index (χ4n) is 3.50. The van der Waals surface area contributed by atoms with E-state index in [0.29, 0.717) is 0 Å². The van der Waals surface area contributed by atoms with Gasteiger partial charge in [0.15, 0.2) is 6.04 Å². The van der Waals surface area contributed by atoms with Gasteiger partial charge in [0.2, 0.25) is 0 Å². The molecule has 0 amide bonds. The number of hydrogen-bond acceptors (Lipinski definition) is 4. The quantitative estimate of drug-likeness (QED) is 0.930. The van der Waals surface area contributed by atoms with Crippen molar-refractivity contribution in [2.24, 2.45) is 7.05 Å². The standard InChI is InChI=1S/C18H24N4O2/c1-13-16(20(3)14(2)19-13)17(18(23)24)22-11-9-21(10-12-22)15-7-5-4-6-8-15/h4-8,17H,9-12H2,1-3H3,(H,23,24). The number of carboxylic acid groups (broad SMARTS) is 1. The lowest BCUT2D eigenvalue weighted by molar-refractivity contribution is -0.144. The molecule has 1 unspecified atom stereocenters. The maximum Gasteiger partial charge on any atom is 0.327 e. The van der Waals surface area contributed by atoms with Crippen molar-refractivity contribution in [2.75, 3.05) is 31.1 Å². The first-order valence-electron chi connectivity index (χ1n) is 8.25. The highest BCUT2D eigenvalue weighted by atomic mass is 16.4. The molecule has 128 valence electrons. The SMILES string of the molecule is Cc1nc(C)n(C)c1C(C(=O)O)N1CCN(c2ccccc2)CC1. The average Bonchev–Trinajstić information content (AvgIpc) is 2.83. The zero-order valence-corrected chi connectivity index (χ0v) is 14.4. The van der Waals surface area contributed by atoms with Gasteiger partial charge in [0, 0.05) is 38.9 Å². The Morgan fingerprint density at radius 3 is 2.25 bits per heavy atom. The van der Waals surface area contributed by atoms with Gasteiger partial charge in [-0.25, -0.2) is 4.98 Å². The molecule has 3 rings (SSSR count). The molecule has 1 saturated heterocycles. The van der Waals surface area contributed by atoms with Crippen LogP contribution in [0.25, 0.3) is 0 Å². The van der Waals surface area contributed by atoms with E-state index in [-0.39, 0.29) is 0 Å². The van der Waals surface area contributed by atoms with E-state index in [1.54, 1.807) is 0 Å². The Kier molecular flexibility index (Phi) is 4.57. The van der Waals surface area contributed by atoms with Gasteiger partial charge >= 0.3 is 5.97 Å². The lowest BCUT2D eigenvalue weighted by Crippen LogP contribution is -2.49. The van der Waals surface area contributed by atoms with E-state index in [9.17, 15) is 9.90 Å². The van der Waals surface area contributed by atoms with E-state index in [1.165, 1.54) is 5.69 Å². The van der Waals surface area contributed by atoms with Gasteiger partial charge in [-0.15, -0.1) is 0 Å². The predicted molar refractivity (Wildman–Crippen MR) is 93.3 cm³/mol. The second-order valence-electron chi connectivity index (χ2n) is 6.29. The van der Waals surface area contributed by atoms with Crippen LogP contribution in [-0.2, 0) is 11.8 Å². The van der Waals surface area contributed by atoms with Gasteiger partial charge in [-0.3, -0.25) is 9.69 Å². The number of hydrogen-bond donors (Lipinski definition) is 1. The number of nitrogens with zero attached hydrogens (tertiary/aromatic N) is 4. The van der Waals surface area contributed by atoms with Crippen molar-refractivity contribution in [3.8, 4) is 0 Å². The molecule has 1 fully saturated rings. The largest absolute Gasteiger partial charge is 0.480 e. The number of piperazine rings is 1. The molecule has 1 aromatic heterocycles. The van der Waals surface area contributed by atoms with E-state index < -0.39 is 12.0 Å². The van der Waals surface area contributed by atoms with Crippen LogP contribution in [0, 0.1) is 13.8 Å². The number of aromatic nitrogens is 2. The number of aryl methyl sites for hydroxylation is 2. The normalized spacial score (nSPS) is 17.0. The molecule has 0 aliphatic carbocycles. The van der Waals surface area contributed by atoms with Crippen LogP contribution >= 0.6 is 0 Å². The van der Waals surface area contributed by atoms with Crippen molar-refractivity contribution < 1.29 is 9.90 Å². The molecular weight excluding hydrogens is 304 g/mol. The topological polar surface area (TPSA) is 61.6 Å². The summed E-state index contributed by atoms with van der Waals surface area (Å²) in [5, 5.41) is 9.82. The minimum atomic E-state index is -0.811. The fraction of sp³-hybridized carbons (Fsp3) is 0.444. The molecule has 1 aliphatic heterocycles. The van der Waals surface area contributed by atoms with Crippen molar-refractivity contribution in [3.05, 3.63) is 47.5 Å². The van der Waals surface area contributed by atoms with Gasteiger partial charge in [-0.1, -0.05) is 18.2 Å². The zero-order valence-electron chi connectivity index (χ0n) is 14.4. The van der Waals surface area contributed by atoms with E-state index in [2.05, 4.69) is 22.0 Å². The molecule has 0 saturated carbocycles. The minimum absolute atomic E-state index is 0.644. The third-order valence-electron chi connectivity index (χ3n) is 4.84. The number of imidazole rings is 1. The van der Waals surface area contributed by atoms with Crippen LogP contribution in [0.5, 0.6) is 0 Å². The van der Waals surface area contributed by atoms with E-state index in [0.717, 1.165) is 43.4 Å². The molecule has 0 bridgehead atoms. The van der Waals surface area contributed by atoms with Gasteiger partial charge in [-0.05, 0) is 26.0 Å². The molecule has 1 aromatic carbocycles. The van der Waals surface area contributed by atoms with E-state index >= 15 is 0 Å². The summed E-state index contributed by atoms with van der Waals surface area (Å²) in [7, 11) is 1.89. The van der Waals surface area contributed by atoms with Crippen molar-refractivity contribution in [3.63, 3.8) is 0 Å². The first kappa shape index (κ1) is 16.5. The number of benzene rings is 1. The molecule has 24 heavy (non-hydrogen) atoms. The summed E-state index contributed by atoms with van der Waals surface area (Å²) in [5.74, 6) is 0.0333.